The molecule has 1 fully saturated rings. The van der Waals surface area contributed by atoms with Crippen LogP contribution >= 0.6 is 11.7 Å². The number of hydrogen-bond donors (Lipinski definition) is 2. The van der Waals surface area contributed by atoms with Crippen molar-refractivity contribution in [3.05, 3.63) is 47.3 Å². The number of amides is 2. The minimum atomic E-state index is -5.02. The lowest BCUT2D eigenvalue weighted by Crippen LogP contribution is -2.50. The van der Waals surface area contributed by atoms with Crippen LogP contribution in [0.3, 0.4) is 0 Å². The highest BCUT2D eigenvalue weighted by Gasteiger charge is 2.37. The van der Waals surface area contributed by atoms with Gasteiger partial charge in [-0.1, -0.05) is 6.92 Å². The molecule has 2 aromatic heterocycles. The maximum absolute atomic E-state index is 13.1. The number of piperazine rings is 1. The van der Waals surface area contributed by atoms with Gasteiger partial charge in [0.25, 0.3) is 5.88 Å². The molecular weight excluding hydrogens is 578 g/mol. The summed E-state index contributed by atoms with van der Waals surface area (Å²) in [5.74, 6) is 1.20. The molecule has 0 aliphatic carbocycles. The highest BCUT2D eigenvalue weighted by atomic mass is 32.1. The molecule has 1 unspecified atom stereocenters. The van der Waals surface area contributed by atoms with E-state index in [0.717, 1.165) is 18.1 Å². The molecule has 0 saturated carbocycles. The SMILES string of the molecule is CCC(C)Nc1nccc(COc2nsnc2N2CCN(C(=O)Nc3cc(C(F)(F)F)cc(C(F)(F)F)c3)CC2)n1. The molecule has 0 bridgehead atoms. The number of urea groups is 1. The standard InChI is InChI=1S/C24H26F6N8O2S/c1-3-14(2)32-21-31-5-4-17(33-21)13-40-20-19(35-41-36-20)37-6-8-38(9-7-37)22(39)34-18-11-15(23(25,26)27)10-16(12-18)24(28,29)30/h4-5,10-12,14H,3,6-9,13H2,1-2H3,(H,34,39)(H,31,32,33). The largest absolute Gasteiger partial charge is 0.468 e. The summed E-state index contributed by atoms with van der Waals surface area (Å²) in [5, 5.41) is 5.34. The number of carbonyl (C=O) groups excluding carboxylic acids is 1. The van der Waals surface area contributed by atoms with Gasteiger partial charge in [-0.2, -0.15) is 30.7 Å². The number of benzene rings is 1. The number of ether oxygens (including phenoxy) is 1. The van der Waals surface area contributed by atoms with Crippen molar-refractivity contribution in [1.29, 1.82) is 0 Å². The summed E-state index contributed by atoms with van der Waals surface area (Å²) in [6.07, 6.45) is -7.52. The third kappa shape index (κ3) is 7.86. The van der Waals surface area contributed by atoms with Gasteiger partial charge in [0, 0.05) is 44.1 Å². The minimum Gasteiger partial charge on any atom is -0.468 e. The number of alkyl halides is 6. The lowest BCUT2D eigenvalue weighted by atomic mass is 10.1. The van der Waals surface area contributed by atoms with Gasteiger partial charge in [0.1, 0.15) is 6.61 Å². The van der Waals surface area contributed by atoms with Crippen LogP contribution in [0.2, 0.25) is 0 Å². The van der Waals surface area contributed by atoms with E-state index in [-0.39, 0.29) is 50.8 Å². The summed E-state index contributed by atoms with van der Waals surface area (Å²) < 4.78 is 93.1. The monoisotopic (exact) mass is 604 g/mol. The molecule has 1 aromatic carbocycles. The maximum Gasteiger partial charge on any atom is 0.416 e. The molecule has 3 heterocycles. The fourth-order valence-electron chi connectivity index (χ4n) is 3.82. The van der Waals surface area contributed by atoms with Gasteiger partial charge in [-0.15, -0.1) is 4.37 Å². The molecule has 1 aliphatic rings. The Labute approximate surface area is 235 Å². The highest BCUT2D eigenvalue weighted by Crippen LogP contribution is 2.37. The summed E-state index contributed by atoms with van der Waals surface area (Å²) in [6, 6.07) is 2.02. The van der Waals surface area contributed by atoms with Gasteiger partial charge in [0.15, 0.2) is 0 Å². The van der Waals surface area contributed by atoms with Crippen LogP contribution < -0.4 is 20.3 Å². The number of rotatable bonds is 8. The van der Waals surface area contributed by atoms with Crippen LogP contribution in [-0.2, 0) is 19.0 Å². The van der Waals surface area contributed by atoms with E-state index in [2.05, 4.69) is 29.3 Å². The quantitative estimate of drug-likeness (QED) is 0.324. The third-order valence-electron chi connectivity index (χ3n) is 6.21. The second kappa shape index (κ2) is 12.3. The van der Waals surface area contributed by atoms with Crippen LogP contribution in [0.4, 0.5) is 48.6 Å². The van der Waals surface area contributed by atoms with E-state index in [9.17, 15) is 31.1 Å². The van der Waals surface area contributed by atoms with E-state index in [1.165, 1.54) is 4.90 Å². The van der Waals surface area contributed by atoms with Crippen LogP contribution in [0.25, 0.3) is 0 Å². The summed E-state index contributed by atoms with van der Waals surface area (Å²) in [4.78, 5) is 24.4. The van der Waals surface area contributed by atoms with Crippen molar-refractivity contribution in [2.75, 3.05) is 41.7 Å². The molecule has 0 radical (unpaired) electrons. The molecule has 0 spiro atoms. The Morgan fingerprint density at radius 2 is 1.71 bits per heavy atom. The van der Waals surface area contributed by atoms with Crippen molar-refractivity contribution >= 4 is 35.2 Å². The van der Waals surface area contributed by atoms with Crippen molar-refractivity contribution in [3.8, 4) is 5.88 Å². The van der Waals surface area contributed by atoms with Crippen molar-refractivity contribution < 1.29 is 35.9 Å². The maximum atomic E-state index is 13.1. The van der Waals surface area contributed by atoms with Crippen molar-refractivity contribution in [3.63, 3.8) is 0 Å². The molecule has 1 aliphatic heterocycles. The fourth-order valence-corrected chi connectivity index (χ4v) is 4.34. The molecule has 2 amide bonds. The zero-order valence-electron chi connectivity index (χ0n) is 21.9. The first kappa shape index (κ1) is 30.1. The Bertz CT molecular complexity index is 1310. The molecule has 3 aromatic rings. The van der Waals surface area contributed by atoms with Gasteiger partial charge in [-0.25, -0.2) is 14.8 Å². The van der Waals surface area contributed by atoms with E-state index < -0.39 is 35.2 Å². The molecular formula is C24H26F6N8O2S. The Hall–Kier alpha value is -3.89. The van der Waals surface area contributed by atoms with Gasteiger partial charge in [0.05, 0.1) is 28.5 Å². The first-order valence-corrected chi connectivity index (χ1v) is 13.2. The van der Waals surface area contributed by atoms with Crippen LogP contribution in [-0.4, -0.2) is 61.9 Å². The molecule has 1 saturated heterocycles. The van der Waals surface area contributed by atoms with E-state index in [0.29, 0.717) is 29.6 Å². The number of hydrogen-bond acceptors (Lipinski definition) is 9. The number of nitrogens with zero attached hydrogens (tertiary/aromatic N) is 6. The molecule has 1 atom stereocenters. The average Bonchev–Trinajstić information content (AvgIpc) is 3.39. The van der Waals surface area contributed by atoms with Gasteiger partial charge >= 0.3 is 18.4 Å². The number of nitrogens with one attached hydrogen (secondary N) is 2. The zero-order valence-corrected chi connectivity index (χ0v) is 22.7. The Kier molecular flexibility index (Phi) is 9.04. The predicted octanol–water partition coefficient (Wildman–Crippen LogP) is 5.51. The lowest BCUT2D eigenvalue weighted by Gasteiger charge is -2.34. The Balaban J connectivity index is 1.35. The fraction of sp³-hybridized carbons (Fsp3) is 0.458. The van der Waals surface area contributed by atoms with Crippen LogP contribution in [0.5, 0.6) is 5.88 Å². The van der Waals surface area contributed by atoms with E-state index >= 15 is 0 Å². The van der Waals surface area contributed by atoms with Crippen LogP contribution in [0.15, 0.2) is 30.5 Å². The number of aromatic nitrogens is 4. The third-order valence-corrected chi connectivity index (χ3v) is 6.71. The summed E-state index contributed by atoms with van der Waals surface area (Å²) in [5.41, 5.74) is -3.01. The van der Waals surface area contributed by atoms with Crippen molar-refractivity contribution in [1.82, 2.24) is 23.6 Å². The molecule has 4 rings (SSSR count). The van der Waals surface area contributed by atoms with Gasteiger partial charge in [-0.05, 0) is 37.6 Å². The summed E-state index contributed by atoms with van der Waals surface area (Å²) in [6.45, 7) is 4.98. The van der Waals surface area contributed by atoms with E-state index in [1.54, 1.807) is 12.3 Å². The second-order valence-electron chi connectivity index (χ2n) is 9.21. The molecule has 2 N–H and O–H groups in total. The molecule has 41 heavy (non-hydrogen) atoms. The van der Waals surface area contributed by atoms with Gasteiger partial charge in [-0.3, -0.25) is 0 Å². The average molecular weight is 605 g/mol. The van der Waals surface area contributed by atoms with Gasteiger partial charge in [0.2, 0.25) is 11.8 Å². The number of anilines is 3. The van der Waals surface area contributed by atoms with Crippen molar-refractivity contribution in [2.24, 2.45) is 0 Å². The minimum absolute atomic E-state index is 0.00342. The number of carbonyl (C=O) groups is 1. The van der Waals surface area contributed by atoms with E-state index in [1.807, 2.05) is 18.7 Å². The topological polar surface area (TPSA) is 108 Å². The number of halogens is 6. The smallest absolute Gasteiger partial charge is 0.416 e. The van der Waals surface area contributed by atoms with Gasteiger partial charge < -0.3 is 25.2 Å². The highest BCUT2D eigenvalue weighted by molar-refractivity contribution is 6.99. The molecule has 17 heteroatoms. The molecule has 10 nitrogen and oxygen atoms in total. The Morgan fingerprint density at radius 1 is 1.05 bits per heavy atom. The van der Waals surface area contributed by atoms with Crippen molar-refractivity contribution in [2.45, 2.75) is 45.3 Å². The predicted molar refractivity (Wildman–Crippen MR) is 139 cm³/mol. The van der Waals surface area contributed by atoms with Crippen LogP contribution in [0, 0.1) is 0 Å². The second-order valence-corrected chi connectivity index (χ2v) is 9.73. The van der Waals surface area contributed by atoms with Crippen LogP contribution in [0.1, 0.15) is 37.1 Å². The Morgan fingerprint density at radius 3 is 2.32 bits per heavy atom. The normalized spacial score (nSPS) is 15.0. The lowest BCUT2D eigenvalue weighted by molar-refractivity contribution is -0.143. The zero-order chi connectivity index (χ0) is 29.8. The summed E-state index contributed by atoms with van der Waals surface area (Å²) in [7, 11) is 0. The van der Waals surface area contributed by atoms with E-state index in [4.69, 9.17) is 4.74 Å². The molecule has 222 valence electrons. The first-order chi connectivity index (χ1) is 19.3. The first-order valence-electron chi connectivity index (χ1n) is 12.5. The summed E-state index contributed by atoms with van der Waals surface area (Å²) >= 11 is 0.937.